The van der Waals surface area contributed by atoms with E-state index in [0.717, 1.165) is 19.3 Å². The zero-order valence-corrected chi connectivity index (χ0v) is 20.4. The van der Waals surface area contributed by atoms with Crippen molar-refractivity contribution in [2.45, 2.75) is 56.9 Å². The Balaban J connectivity index is 1.38. The topological polar surface area (TPSA) is 20.3 Å². The number of carbonyl (C=O) groups is 1. The van der Waals surface area contributed by atoms with Gasteiger partial charge < -0.3 is 4.90 Å². The normalized spacial score (nSPS) is 29.4. The summed E-state index contributed by atoms with van der Waals surface area (Å²) in [5, 5.41) is 0. The third kappa shape index (κ3) is 3.50. The van der Waals surface area contributed by atoms with Crippen molar-refractivity contribution in [1.29, 1.82) is 0 Å². The van der Waals surface area contributed by atoms with Crippen molar-refractivity contribution in [3.63, 3.8) is 0 Å². The lowest BCUT2D eigenvalue weighted by molar-refractivity contribution is -0.160. The second-order valence-corrected chi connectivity index (χ2v) is 11.5. The van der Waals surface area contributed by atoms with E-state index in [1.807, 2.05) is 7.05 Å². The minimum atomic E-state index is -0.231. The van der Waals surface area contributed by atoms with Crippen molar-refractivity contribution in [3.8, 4) is 0 Å². The van der Waals surface area contributed by atoms with Crippen LogP contribution in [-0.4, -0.2) is 17.9 Å². The molecule has 0 heterocycles. The highest BCUT2D eigenvalue weighted by molar-refractivity contribution is 5.84. The van der Waals surface area contributed by atoms with E-state index in [1.54, 1.807) is 0 Å². The Morgan fingerprint density at radius 2 is 1.32 bits per heavy atom. The zero-order chi connectivity index (χ0) is 23.3. The van der Waals surface area contributed by atoms with E-state index in [0.29, 0.717) is 17.7 Å². The SMILES string of the molecule is Cc1ccc(C23CC4CC(CC(C(=O)N(C)C(c5ccccc5)c5ccccc5)(C4)C2)C3)cc1. The molecular formula is C32H35NO. The third-order valence-electron chi connectivity index (χ3n) is 9.12. The summed E-state index contributed by atoms with van der Waals surface area (Å²) in [6.45, 7) is 2.16. The summed E-state index contributed by atoms with van der Waals surface area (Å²) in [6.07, 6.45) is 6.97. The maximum atomic E-state index is 14.5. The molecular weight excluding hydrogens is 414 g/mol. The van der Waals surface area contributed by atoms with Crippen LogP contribution < -0.4 is 0 Å². The van der Waals surface area contributed by atoms with Crippen molar-refractivity contribution in [1.82, 2.24) is 4.90 Å². The molecule has 0 spiro atoms. The highest BCUT2D eigenvalue weighted by Gasteiger charge is 2.61. The molecule has 4 fully saturated rings. The number of benzene rings is 3. The molecule has 4 aliphatic rings. The van der Waals surface area contributed by atoms with Gasteiger partial charge in [-0.2, -0.15) is 0 Å². The highest BCUT2D eigenvalue weighted by Crippen LogP contribution is 2.66. The summed E-state index contributed by atoms with van der Waals surface area (Å²) < 4.78 is 0. The first kappa shape index (κ1) is 21.6. The Labute approximate surface area is 204 Å². The molecule has 4 bridgehead atoms. The lowest BCUT2D eigenvalue weighted by atomic mass is 9.42. The van der Waals surface area contributed by atoms with Crippen LogP contribution in [0.5, 0.6) is 0 Å². The van der Waals surface area contributed by atoms with Gasteiger partial charge in [0.15, 0.2) is 0 Å². The van der Waals surface area contributed by atoms with Gasteiger partial charge in [-0.3, -0.25) is 4.79 Å². The average molecular weight is 450 g/mol. The summed E-state index contributed by atoms with van der Waals surface area (Å²) in [4.78, 5) is 16.6. The number of aryl methyl sites for hydroxylation is 1. The van der Waals surface area contributed by atoms with E-state index in [2.05, 4.69) is 96.8 Å². The van der Waals surface area contributed by atoms with Crippen LogP contribution in [-0.2, 0) is 10.2 Å². The van der Waals surface area contributed by atoms with Gasteiger partial charge in [0.05, 0.1) is 11.5 Å². The van der Waals surface area contributed by atoms with Gasteiger partial charge in [0.1, 0.15) is 0 Å². The molecule has 0 N–H and O–H groups in total. The van der Waals surface area contributed by atoms with Crippen LogP contribution in [0.2, 0.25) is 0 Å². The molecule has 2 atom stereocenters. The minimum absolute atomic E-state index is 0.0572. The van der Waals surface area contributed by atoms with E-state index in [9.17, 15) is 4.79 Å². The number of rotatable bonds is 5. The fourth-order valence-electron chi connectivity index (χ4n) is 8.16. The largest absolute Gasteiger partial charge is 0.334 e. The average Bonchev–Trinajstić information content (AvgIpc) is 2.84. The number of carbonyl (C=O) groups excluding carboxylic acids is 1. The van der Waals surface area contributed by atoms with Crippen LogP contribution in [0.3, 0.4) is 0 Å². The van der Waals surface area contributed by atoms with Crippen LogP contribution in [0.4, 0.5) is 0 Å². The van der Waals surface area contributed by atoms with E-state index in [1.165, 1.54) is 41.5 Å². The van der Waals surface area contributed by atoms with E-state index in [-0.39, 0.29) is 16.9 Å². The summed E-state index contributed by atoms with van der Waals surface area (Å²) in [5.41, 5.74) is 5.08. The molecule has 4 aliphatic carbocycles. The molecule has 174 valence electrons. The van der Waals surface area contributed by atoms with E-state index in [4.69, 9.17) is 0 Å². The summed E-state index contributed by atoms with van der Waals surface area (Å²) in [7, 11) is 2.05. The third-order valence-corrected chi connectivity index (χ3v) is 9.12. The minimum Gasteiger partial charge on any atom is -0.334 e. The Morgan fingerprint density at radius 3 is 1.85 bits per heavy atom. The van der Waals surface area contributed by atoms with Crippen LogP contribution in [0.1, 0.15) is 66.8 Å². The first-order valence-corrected chi connectivity index (χ1v) is 12.9. The zero-order valence-electron chi connectivity index (χ0n) is 20.4. The molecule has 7 rings (SSSR count). The van der Waals surface area contributed by atoms with Gasteiger partial charge in [-0.05, 0) is 79.4 Å². The van der Waals surface area contributed by atoms with Gasteiger partial charge in [0.25, 0.3) is 0 Å². The molecule has 3 aromatic rings. The second-order valence-electron chi connectivity index (χ2n) is 11.5. The van der Waals surface area contributed by atoms with Crippen LogP contribution in [0, 0.1) is 24.2 Å². The second kappa shape index (κ2) is 8.12. The molecule has 0 aromatic heterocycles. The van der Waals surface area contributed by atoms with Gasteiger partial charge >= 0.3 is 0 Å². The lowest BCUT2D eigenvalue weighted by Gasteiger charge is -2.62. The Morgan fingerprint density at radius 1 is 0.794 bits per heavy atom. The molecule has 2 heteroatoms. The first-order chi connectivity index (χ1) is 16.5. The number of amides is 1. The molecule has 4 saturated carbocycles. The van der Waals surface area contributed by atoms with Gasteiger partial charge in [-0.1, -0.05) is 90.5 Å². The molecule has 0 saturated heterocycles. The molecule has 34 heavy (non-hydrogen) atoms. The van der Waals surface area contributed by atoms with Crippen molar-refractivity contribution >= 4 is 5.91 Å². The lowest BCUT2D eigenvalue weighted by Crippen LogP contribution is -2.59. The maximum absolute atomic E-state index is 14.5. The van der Waals surface area contributed by atoms with Gasteiger partial charge in [0.2, 0.25) is 5.91 Å². The molecule has 0 radical (unpaired) electrons. The van der Waals surface area contributed by atoms with Crippen molar-refractivity contribution in [2.24, 2.45) is 17.3 Å². The number of hydrogen-bond donors (Lipinski definition) is 0. The Kier molecular flexibility index (Phi) is 5.17. The predicted octanol–water partition coefficient (Wildman–Crippen LogP) is 7.08. The molecule has 1 amide bonds. The van der Waals surface area contributed by atoms with Crippen LogP contribution in [0.25, 0.3) is 0 Å². The summed E-state index contributed by atoms with van der Waals surface area (Å²) >= 11 is 0. The van der Waals surface area contributed by atoms with Crippen LogP contribution in [0.15, 0.2) is 84.9 Å². The molecule has 0 aliphatic heterocycles. The van der Waals surface area contributed by atoms with Gasteiger partial charge in [-0.25, -0.2) is 0 Å². The van der Waals surface area contributed by atoms with E-state index >= 15 is 0 Å². The predicted molar refractivity (Wildman–Crippen MR) is 137 cm³/mol. The number of hydrogen-bond acceptors (Lipinski definition) is 1. The molecule has 2 unspecified atom stereocenters. The quantitative estimate of drug-likeness (QED) is 0.407. The monoisotopic (exact) mass is 449 g/mol. The van der Waals surface area contributed by atoms with E-state index < -0.39 is 0 Å². The van der Waals surface area contributed by atoms with Gasteiger partial charge in [-0.15, -0.1) is 0 Å². The fraction of sp³-hybridized carbons (Fsp3) is 0.406. The van der Waals surface area contributed by atoms with Crippen molar-refractivity contribution < 1.29 is 4.79 Å². The first-order valence-electron chi connectivity index (χ1n) is 12.9. The molecule has 3 aromatic carbocycles. The van der Waals surface area contributed by atoms with Crippen molar-refractivity contribution in [3.05, 3.63) is 107 Å². The maximum Gasteiger partial charge on any atom is 0.229 e. The smallest absolute Gasteiger partial charge is 0.229 e. The van der Waals surface area contributed by atoms with Gasteiger partial charge in [0, 0.05) is 7.05 Å². The number of nitrogens with zero attached hydrogens (tertiary/aromatic N) is 1. The van der Waals surface area contributed by atoms with Crippen molar-refractivity contribution in [2.75, 3.05) is 7.05 Å². The standard InChI is InChI=1S/C32H35NO/c1-23-13-15-28(16-14-23)31-18-24-17-25(19-31)21-32(20-24,22-31)30(34)33(2)29(26-9-5-3-6-10-26)27-11-7-4-8-12-27/h3-16,24-25,29H,17-22H2,1-2H3. The Hall–Kier alpha value is -2.87. The van der Waals surface area contributed by atoms with Crippen LogP contribution >= 0.6 is 0 Å². The summed E-state index contributed by atoms with van der Waals surface area (Å²) in [6, 6.07) is 30.2. The summed E-state index contributed by atoms with van der Waals surface area (Å²) in [5.74, 6) is 1.70. The fourth-order valence-corrected chi connectivity index (χ4v) is 8.16. The Bertz CT molecular complexity index is 1110. The molecule has 2 nitrogen and oxygen atoms in total. The highest BCUT2D eigenvalue weighted by atomic mass is 16.2.